The third-order valence-electron chi connectivity index (χ3n) is 12.0. The van der Waals surface area contributed by atoms with Crippen LogP contribution in [0.15, 0.2) is 12.3 Å². The van der Waals surface area contributed by atoms with Crippen molar-refractivity contribution >= 4 is 6.35 Å². The van der Waals surface area contributed by atoms with E-state index in [0.29, 0.717) is 35.7 Å². The van der Waals surface area contributed by atoms with Gasteiger partial charge >= 0.3 is 0 Å². The van der Waals surface area contributed by atoms with Crippen molar-refractivity contribution in [2.24, 2.45) is 46.3 Å². The second kappa shape index (κ2) is 9.50. The SMILES string of the molecule is COCCOCO/C=C\C[B-](OC)([C@@H]1C[C@@H]2C[C@H]([C@H]1C)C2(C)C)[C@@H]1C[C@@H]2C[C@H]([C@H]1C)C2(C)C. The predicted octanol–water partition coefficient (Wildman–Crippen LogP) is 6.87. The summed E-state index contributed by atoms with van der Waals surface area (Å²) in [5.74, 6) is 6.24. The molecule has 6 aliphatic carbocycles. The summed E-state index contributed by atoms with van der Waals surface area (Å²) in [6, 6.07) is 0. The van der Waals surface area contributed by atoms with E-state index >= 15 is 0 Å². The Balaban J connectivity index is 1.52. The molecule has 0 N–H and O–H groups in total. The lowest BCUT2D eigenvalue weighted by Crippen LogP contribution is -2.65. The smallest absolute Gasteiger partial charge is 0.188 e. The topological polar surface area (TPSA) is 36.9 Å². The summed E-state index contributed by atoms with van der Waals surface area (Å²) in [6.07, 6.45) is 9.67. The Morgan fingerprint density at radius 1 is 0.818 bits per heavy atom. The first-order valence-corrected chi connectivity index (χ1v) is 13.7. The van der Waals surface area contributed by atoms with Gasteiger partial charge in [-0.3, -0.25) is 0 Å². The number of allylic oxidation sites excluding steroid dienone is 1. The first kappa shape index (κ1) is 25.6. The first-order chi connectivity index (χ1) is 15.6. The van der Waals surface area contributed by atoms with Crippen molar-refractivity contribution in [2.45, 2.75) is 85.2 Å². The van der Waals surface area contributed by atoms with Gasteiger partial charge in [0.1, 0.15) is 6.35 Å². The lowest BCUT2D eigenvalue weighted by Gasteiger charge is -2.72. The Labute approximate surface area is 203 Å². The summed E-state index contributed by atoms with van der Waals surface area (Å²) in [5.41, 5.74) is 1.01. The maximum Gasteiger partial charge on any atom is 0.188 e. The average molecular weight is 462 g/mol. The summed E-state index contributed by atoms with van der Waals surface area (Å²) in [7, 11) is 3.71. The molecular weight excluding hydrogens is 411 g/mol. The van der Waals surface area contributed by atoms with Crippen molar-refractivity contribution in [3.05, 3.63) is 12.3 Å². The quantitative estimate of drug-likeness (QED) is 0.146. The monoisotopic (exact) mass is 461 g/mol. The molecule has 6 aliphatic rings. The van der Waals surface area contributed by atoms with E-state index in [1.54, 1.807) is 7.11 Å². The molecule has 6 saturated carbocycles. The molecule has 4 nitrogen and oxygen atoms in total. The number of hydrogen-bond acceptors (Lipinski definition) is 4. The van der Waals surface area contributed by atoms with Gasteiger partial charge in [0, 0.05) is 7.11 Å². The van der Waals surface area contributed by atoms with Crippen LogP contribution in [-0.4, -0.2) is 40.6 Å². The molecule has 0 aliphatic heterocycles. The van der Waals surface area contributed by atoms with E-state index in [9.17, 15) is 0 Å². The molecule has 8 atom stereocenters. The van der Waals surface area contributed by atoms with Crippen LogP contribution in [0.25, 0.3) is 0 Å². The molecule has 0 saturated heterocycles. The molecule has 0 amide bonds. The van der Waals surface area contributed by atoms with E-state index in [0.717, 1.165) is 41.8 Å². The van der Waals surface area contributed by atoms with Crippen molar-refractivity contribution in [1.82, 2.24) is 0 Å². The van der Waals surface area contributed by atoms with Crippen molar-refractivity contribution in [1.29, 1.82) is 0 Å². The number of hydrogen-bond donors (Lipinski definition) is 0. The number of methoxy groups -OCH3 is 1. The Morgan fingerprint density at radius 2 is 1.36 bits per heavy atom. The second-order valence-electron chi connectivity index (χ2n) is 13.4. The standard InChI is InChI=1S/C28H50BO4/c1-19-23-14-21(27(23,3)4)16-25(19)29(31-8,10-9-11-32-18-33-13-12-30-7)26-17-22-15-24(20(26)2)28(22,5)6/h9,11,19-26H,10,12-18H2,1-8H3/q-1/b11-9-/t19-,20-,21+,22+,23-,24-,25-,26-/m1/s1. The molecule has 6 rings (SSSR count). The van der Waals surface area contributed by atoms with Crippen LogP contribution in [0.5, 0.6) is 0 Å². The molecule has 0 heterocycles. The van der Waals surface area contributed by atoms with E-state index in [4.69, 9.17) is 18.9 Å². The minimum Gasteiger partial charge on any atom is -0.592 e. The van der Waals surface area contributed by atoms with Crippen LogP contribution in [0.2, 0.25) is 18.0 Å². The molecule has 190 valence electrons. The van der Waals surface area contributed by atoms with Crippen LogP contribution >= 0.6 is 0 Å². The Kier molecular flexibility index (Phi) is 7.37. The van der Waals surface area contributed by atoms with Crippen LogP contribution in [0, 0.1) is 46.3 Å². The van der Waals surface area contributed by atoms with Gasteiger partial charge in [0.05, 0.1) is 19.5 Å². The molecule has 0 unspecified atom stereocenters. The fourth-order valence-corrected chi connectivity index (χ4v) is 9.61. The highest BCUT2D eigenvalue weighted by Gasteiger charge is 2.63. The van der Waals surface area contributed by atoms with Gasteiger partial charge in [-0.2, -0.15) is 0 Å². The van der Waals surface area contributed by atoms with Gasteiger partial charge in [-0.1, -0.05) is 72.3 Å². The van der Waals surface area contributed by atoms with E-state index in [-0.39, 0.29) is 6.79 Å². The molecule has 4 bridgehead atoms. The summed E-state index contributed by atoms with van der Waals surface area (Å²) < 4.78 is 23.0. The summed E-state index contributed by atoms with van der Waals surface area (Å²) >= 11 is 0. The summed E-state index contributed by atoms with van der Waals surface area (Å²) in [5, 5.41) is 0. The maximum absolute atomic E-state index is 6.80. The fourth-order valence-electron chi connectivity index (χ4n) is 9.61. The lowest BCUT2D eigenvalue weighted by molar-refractivity contribution is -0.113. The van der Waals surface area contributed by atoms with Crippen molar-refractivity contribution in [2.75, 3.05) is 34.2 Å². The van der Waals surface area contributed by atoms with Gasteiger partial charge in [-0.05, 0) is 54.5 Å². The van der Waals surface area contributed by atoms with E-state index in [1.165, 1.54) is 25.7 Å². The highest BCUT2D eigenvalue weighted by atomic mass is 16.7. The first-order valence-electron chi connectivity index (χ1n) is 13.7. The Morgan fingerprint density at radius 3 is 1.79 bits per heavy atom. The third kappa shape index (κ3) is 4.12. The highest BCUT2D eigenvalue weighted by Crippen LogP contribution is 2.72. The molecule has 6 fully saturated rings. The maximum atomic E-state index is 6.80. The summed E-state index contributed by atoms with van der Waals surface area (Å²) in [4.78, 5) is 0. The number of ether oxygens (including phenoxy) is 3. The van der Waals surface area contributed by atoms with Gasteiger partial charge in [-0.25, -0.2) is 0 Å². The Hall–Kier alpha value is -0.515. The number of fused-ring (bicyclic) bond motifs is 4. The van der Waals surface area contributed by atoms with Crippen LogP contribution in [-0.2, 0) is 18.9 Å². The zero-order valence-corrected chi connectivity index (χ0v) is 22.6. The molecule has 0 radical (unpaired) electrons. The molecule has 33 heavy (non-hydrogen) atoms. The van der Waals surface area contributed by atoms with Crippen LogP contribution < -0.4 is 0 Å². The third-order valence-corrected chi connectivity index (χ3v) is 12.0. The normalized spacial score (nSPS) is 40.8. The molecule has 0 aromatic carbocycles. The minimum absolute atomic E-state index is 0.281. The lowest BCUT2D eigenvalue weighted by atomic mass is 9.15. The van der Waals surface area contributed by atoms with Crippen molar-refractivity contribution < 1.29 is 18.9 Å². The number of rotatable bonds is 11. The zero-order chi connectivity index (χ0) is 24.0. The molecule has 5 heteroatoms. The largest absolute Gasteiger partial charge is 0.592 e. The minimum atomic E-state index is -0.978. The van der Waals surface area contributed by atoms with Gasteiger partial charge in [-0.15, -0.1) is 18.0 Å². The second-order valence-corrected chi connectivity index (χ2v) is 13.4. The fraction of sp³-hybridized carbons (Fsp3) is 0.929. The van der Waals surface area contributed by atoms with Crippen LogP contribution in [0.4, 0.5) is 0 Å². The average Bonchev–Trinajstić information content (AvgIpc) is 2.78. The summed E-state index contributed by atoms with van der Waals surface area (Å²) in [6.45, 7) is 16.6. The van der Waals surface area contributed by atoms with Gasteiger partial charge in [0.2, 0.25) is 0 Å². The molecule has 0 aromatic rings. The van der Waals surface area contributed by atoms with Gasteiger partial charge < -0.3 is 18.9 Å². The zero-order valence-electron chi connectivity index (χ0n) is 22.6. The molecular formula is C28H50BO4-. The molecule has 0 aromatic heterocycles. The van der Waals surface area contributed by atoms with Crippen LogP contribution in [0.1, 0.15) is 67.2 Å². The van der Waals surface area contributed by atoms with Crippen LogP contribution in [0.3, 0.4) is 0 Å². The highest BCUT2D eigenvalue weighted by molar-refractivity contribution is 6.77. The van der Waals surface area contributed by atoms with E-state index in [2.05, 4.69) is 47.6 Å². The van der Waals surface area contributed by atoms with Gasteiger partial charge in [0.15, 0.2) is 6.79 Å². The van der Waals surface area contributed by atoms with E-state index < -0.39 is 6.35 Å². The predicted molar refractivity (Wildman–Crippen MR) is 136 cm³/mol. The van der Waals surface area contributed by atoms with Crippen molar-refractivity contribution in [3.8, 4) is 0 Å². The Bertz CT molecular complexity index is 662. The van der Waals surface area contributed by atoms with Gasteiger partial charge in [0.25, 0.3) is 0 Å². The van der Waals surface area contributed by atoms with E-state index in [1.807, 2.05) is 13.4 Å². The van der Waals surface area contributed by atoms with Crippen molar-refractivity contribution in [3.63, 3.8) is 0 Å². The molecule has 0 spiro atoms.